The van der Waals surface area contributed by atoms with Crippen LogP contribution in [0.5, 0.6) is 0 Å². The average molecular weight is 913 g/mol. The van der Waals surface area contributed by atoms with Crippen LogP contribution in [-0.2, 0) is 4.79 Å². The molecule has 0 aromatic carbocycles. The number of aliphatic hydroxyl groups is 3. The second-order valence-corrected chi connectivity index (χ2v) is 19.8. The van der Waals surface area contributed by atoms with E-state index < -0.39 is 24.2 Å². The summed E-state index contributed by atoms with van der Waals surface area (Å²) < 4.78 is 0. The van der Waals surface area contributed by atoms with Crippen LogP contribution in [0.25, 0.3) is 0 Å². The van der Waals surface area contributed by atoms with Crippen LogP contribution in [0.4, 0.5) is 0 Å². The molecule has 0 aliphatic rings. The molecule has 382 valence electrons. The Kier molecular flexibility index (Phi) is 53.5. The molecule has 5 heteroatoms. The molecule has 0 radical (unpaired) electrons. The summed E-state index contributed by atoms with van der Waals surface area (Å²) >= 11 is 0. The van der Waals surface area contributed by atoms with Crippen molar-refractivity contribution < 1.29 is 20.1 Å². The molecule has 0 saturated carbocycles. The van der Waals surface area contributed by atoms with Gasteiger partial charge in [0.1, 0.15) is 6.10 Å². The SMILES string of the molecule is CCCCCCCCCCCCCC/C=C\CCCCCCCCCCCCC(O)C(=O)NC(CO)C(O)/C=C/CC/C=C/CC/C=C/CCCCCCCCCCCCCCCCC. The van der Waals surface area contributed by atoms with Crippen molar-refractivity contribution in [1.82, 2.24) is 5.32 Å². The van der Waals surface area contributed by atoms with E-state index >= 15 is 0 Å². The zero-order valence-corrected chi connectivity index (χ0v) is 43.6. The Bertz CT molecular complexity index is 1050. The van der Waals surface area contributed by atoms with Crippen LogP contribution in [-0.4, -0.2) is 46.1 Å². The normalized spacial score (nSPS) is 13.6. The first-order chi connectivity index (χ1) is 32.1. The number of carbonyl (C=O) groups excluding carboxylic acids is 1. The first kappa shape index (κ1) is 63.3. The monoisotopic (exact) mass is 912 g/mol. The van der Waals surface area contributed by atoms with Crippen LogP contribution < -0.4 is 5.32 Å². The predicted octanol–water partition coefficient (Wildman–Crippen LogP) is 18.0. The molecular weight excluding hydrogens is 799 g/mol. The van der Waals surface area contributed by atoms with E-state index in [1.165, 1.54) is 238 Å². The van der Waals surface area contributed by atoms with E-state index in [-0.39, 0.29) is 6.61 Å². The van der Waals surface area contributed by atoms with Crippen molar-refractivity contribution in [2.24, 2.45) is 0 Å². The summed E-state index contributed by atoms with van der Waals surface area (Å²) in [6.07, 6.45) is 73.4. The highest BCUT2D eigenvalue weighted by atomic mass is 16.3. The van der Waals surface area contributed by atoms with Gasteiger partial charge in [0.25, 0.3) is 0 Å². The summed E-state index contributed by atoms with van der Waals surface area (Å²) in [5.41, 5.74) is 0. The number of aliphatic hydroxyl groups excluding tert-OH is 3. The zero-order valence-electron chi connectivity index (χ0n) is 43.6. The van der Waals surface area contributed by atoms with Crippen molar-refractivity contribution in [2.75, 3.05) is 6.61 Å². The van der Waals surface area contributed by atoms with E-state index in [0.717, 1.165) is 44.9 Å². The van der Waals surface area contributed by atoms with Gasteiger partial charge in [-0.3, -0.25) is 4.79 Å². The minimum atomic E-state index is -1.11. The lowest BCUT2D eigenvalue weighted by Crippen LogP contribution is -2.48. The lowest BCUT2D eigenvalue weighted by molar-refractivity contribution is -0.131. The van der Waals surface area contributed by atoms with Crippen LogP contribution in [0.2, 0.25) is 0 Å². The molecule has 0 bridgehead atoms. The molecule has 4 N–H and O–H groups in total. The summed E-state index contributed by atoms with van der Waals surface area (Å²) in [4.78, 5) is 12.6. The van der Waals surface area contributed by atoms with Crippen molar-refractivity contribution in [2.45, 2.75) is 321 Å². The fraction of sp³-hybridized carbons (Fsp3) is 0.850. The van der Waals surface area contributed by atoms with Gasteiger partial charge in [0.05, 0.1) is 18.8 Å². The van der Waals surface area contributed by atoms with E-state index in [9.17, 15) is 20.1 Å². The molecule has 0 fully saturated rings. The maximum atomic E-state index is 12.6. The Morgan fingerprint density at radius 2 is 0.631 bits per heavy atom. The van der Waals surface area contributed by atoms with Gasteiger partial charge < -0.3 is 20.6 Å². The van der Waals surface area contributed by atoms with Gasteiger partial charge in [-0.1, -0.05) is 281 Å². The first-order valence-corrected chi connectivity index (χ1v) is 29.0. The smallest absolute Gasteiger partial charge is 0.249 e. The quantitative estimate of drug-likeness (QED) is 0.0361. The molecule has 1 amide bonds. The second kappa shape index (κ2) is 54.9. The third kappa shape index (κ3) is 50.0. The molecule has 0 spiro atoms. The second-order valence-electron chi connectivity index (χ2n) is 19.8. The highest BCUT2D eigenvalue weighted by Gasteiger charge is 2.22. The number of amides is 1. The standard InChI is InChI=1S/C60H113NO4/c1-3-5-7-9-11-13-15-17-19-21-23-25-27-29-31-33-35-37-39-41-43-45-47-49-51-53-55-59(64)60(65)61-57(56-62)58(63)54-52-50-48-46-44-42-40-38-36-34-32-30-28-26-24-22-20-18-16-14-12-10-8-6-4-2/h29,31,36,38,44,46,52,54,57-59,62-64H,3-28,30,32-35,37,39-43,45,47-51,53,55-56H2,1-2H3,(H,61,65)/b31-29-,38-36+,46-44+,54-52+. The van der Waals surface area contributed by atoms with Crippen molar-refractivity contribution in [3.05, 3.63) is 48.6 Å². The van der Waals surface area contributed by atoms with Gasteiger partial charge in [-0.25, -0.2) is 0 Å². The molecule has 0 heterocycles. The molecule has 0 rings (SSSR count). The number of hydrogen-bond donors (Lipinski definition) is 4. The third-order valence-corrected chi connectivity index (χ3v) is 13.4. The van der Waals surface area contributed by atoms with Crippen molar-refractivity contribution in [1.29, 1.82) is 0 Å². The van der Waals surface area contributed by atoms with Gasteiger partial charge in [0.2, 0.25) is 5.91 Å². The van der Waals surface area contributed by atoms with Crippen LogP contribution in [0.15, 0.2) is 48.6 Å². The third-order valence-electron chi connectivity index (χ3n) is 13.4. The fourth-order valence-electron chi connectivity index (χ4n) is 8.86. The van der Waals surface area contributed by atoms with Gasteiger partial charge >= 0.3 is 0 Å². The number of unbranched alkanes of at least 4 members (excludes halogenated alkanes) is 39. The molecule has 3 unspecified atom stereocenters. The Labute approximate surface area is 406 Å². The Morgan fingerprint density at radius 3 is 0.938 bits per heavy atom. The maximum Gasteiger partial charge on any atom is 0.249 e. The molecule has 0 aromatic rings. The largest absolute Gasteiger partial charge is 0.394 e. The lowest BCUT2D eigenvalue weighted by Gasteiger charge is -2.21. The topological polar surface area (TPSA) is 89.8 Å². The van der Waals surface area contributed by atoms with E-state index in [1.807, 2.05) is 6.08 Å². The number of rotatable bonds is 53. The summed E-state index contributed by atoms with van der Waals surface area (Å²) in [5.74, 6) is -0.515. The van der Waals surface area contributed by atoms with Gasteiger partial charge in [-0.15, -0.1) is 0 Å². The Morgan fingerprint density at radius 1 is 0.369 bits per heavy atom. The average Bonchev–Trinajstić information content (AvgIpc) is 3.31. The highest BCUT2D eigenvalue weighted by Crippen LogP contribution is 2.17. The Balaban J connectivity index is 3.63. The molecule has 5 nitrogen and oxygen atoms in total. The molecule has 65 heavy (non-hydrogen) atoms. The maximum absolute atomic E-state index is 12.6. The molecule has 0 aliphatic heterocycles. The van der Waals surface area contributed by atoms with Crippen LogP contribution in [0.3, 0.4) is 0 Å². The van der Waals surface area contributed by atoms with Crippen molar-refractivity contribution >= 4 is 5.91 Å². The molecule has 0 aliphatic carbocycles. The summed E-state index contributed by atoms with van der Waals surface area (Å²) in [6.45, 7) is 4.20. The van der Waals surface area contributed by atoms with E-state index in [1.54, 1.807) is 6.08 Å². The van der Waals surface area contributed by atoms with E-state index in [0.29, 0.717) is 6.42 Å². The number of nitrogens with one attached hydrogen (secondary N) is 1. The molecule has 0 aromatic heterocycles. The summed E-state index contributed by atoms with van der Waals surface area (Å²) in [6, 6.07) is -0.824. The van der Waals surface area contributed by atoms with Crippen LogP contribution in [0, 0.1) is 0 Å². The number of hydrogen-bond acceptors (Lipinski definition) is 4. The molecule has 0 saturated heterocycles. The van der Waals surface area contributed by atoms with E-state index in [4.69, 9.17) is 0 Å². The minimum absolute atomic E-state index is 0.382. The number of carbonyl (C=O) groups is 1. The van der Waals surface area contributed by atoms with Gasteiger partial charge in [-0.2, -0.15) is 0 Å². The minimum Gasteiger partial charge on any atom is -0.394 e. The van der Waals surface area contributed by atoms with Gasteiger partial charge in [0.15, 0.2) is 0 Å². The Hall–Kier alpha value is -1.69. The summed E-state index contributed by atoms with van der Waals surface area (Å²) in [7, 11) is 0. The van der Waals surface area contributed by atoms with Gasteiger partial charge in [-0.05, 0) is 70.6 Å². The predicted molar refractivity (Wildman–Crippen MR) is 287 cm³/mol. The van der Waals surface area contributed by atoms with Crippen molar-refractivity contribution in [3.8, 4) is 0 Å². The van der Waals surface area contributed by atoms with Crippen LogP contribution >= 0.6 is 0 Å². The summed E-state index contributed by atoms with van der Waals surface area (Å²) in [5, 5.41) is 33.4. The molecular formula is C60H113NO4. The van der Waals surface area contributed by atoms with E-state index in [2.05, 4.69) is 55.6 Å². The van der Waals surface area contributed by atoms with Gasteiger partial charge in [0, 0.05) is 0 Å². The lowest BCUT2D eigenvalue weighted by atomic mass is 10.0. The molecule has 3 atom stereocenters. The fourth-order valence-corrected chi connectivity index (χ4v) is 8.86. The number of allylic oxidation sites excluding steroid dienone is 7. The zero-order chi connectivity index (χ0) is 47.2. The highest BCUT2D eigenvalue weighted by molar-refractivity contribution is 5.80. The van der Waals surface area contributed by atoms with Crippen LogP contribution in [0.1, 0.15) is 303 Å². The van der Waals surface area contributed by atoms with Crippen molar-refractivity contribution in [3.63, 3.8) is 0 Å². The first-order valence-electron chi connectivity index (χ1n) is 29.0.